The first-order chi connectivity index (χ1) is 8.64. The van der Waals surface area contributed by atoms with Gasteiger partial charge in [0.1, 0.15) is 5.54 Å². The van der Waals surface area contributed by atoms with Crippen LogP contribution in [0, 0.1) is 5.92 Å². The molecule has 4 nitrogen and oxygen atoms in total. The molecule has 4 heteroatoms. The van der Waals surface area contributed by atoms with Crippen LogP contribution in [0.4, 0.5) is 0 Å². The Labute approximate surface area is 111 Å². The highest BCUT2D eigenvalue weighted by atomic mass is 16.5. The van der Waals surface area contributed by atoms with E-state index in [1.54, 1.807) is 0 Å². The molecule has 0 aromatic rings. The fourth-order valence-electron chi connectivity index (χ4n) is 2.76. The third-order valence-corrected chi connectivity index (χ3v) is 3.82. The van der Waals surface area contributed by atoms with Gasteiger partial charge in [-0.1, -0.05) is 13.8 Å². The van der Waals surface area contributed by atoms with Crippen molar-refractivity contribution in [3.8, 4) is 0 Å². The zero-order chi connectivity index (χ0) is 13.6. The lowest BCUT2D eigenvalue weighted by Crippen LogP contribution is -2.60. The number of esters is 1. The number of carbonyl (C=O) groups is 1. The normalized spacial score (nSPS) is 18.7. The van der Waals surface area contributed by atoms with Crippen LogP contribution in [0.2, 0.25) is 0 Å². The van der Waals surface area contributed by atoms with Crippen LogP contribution >= 0.6 is 0 Å². The summed E-state index contributed by atoms with van der Waals surface area (Å²) in [6.07, 6.45) is 4.49. The van der Waals surface area contributed by atoms with Gasteiger partial charge in [0, 0.05) is 6.54 Å². The molecule has 0 amide bonds. The number of carbonyl (C=O) groups excluding carboxylic acids is 1. The zero-order valence-corrected chi connectivity index (χ0v) is 12.3. The molecule has 0 saturated heterocycles. The van der Waals surface area contributed by atoms with E-state index in [9.17, 15) is 4.79 Å². The fraction of sp³-hybridized carbons (Fsp3) is 0.929. The molecular weight excluding hydrogens is 228 g/mol. The van der Waals surface area contributed by atoms with Crippen molar-refractivity contribution in [2.24, 2.45) is 5.92 Å². The van der Waals surface area contributed by atoms with E-state index >= 15 is 0 Å². The molecule has 1 aliphatic carbocycles. The van der Waals surface area contributed by atoms with Crippen molar-refractivity contribution in [3.63, 3.8) is 0 Å². The first-order valence-corrected chi connectivity index (χ1v) is 7.14. The van der Waals surface area contributed by atoms with Crippen molar-refractivity contribution < 1.29 is 9.53 Å². The molecule has 106 valence electrons. The van der Waals surface area contributed by atoms with Gasteiger partial charge in [0.05, 0.1) is 7.11 Å². The van der Waals surface area contributed by atoms with E-state index in [-0.39, 0.29) is 5.97 Å². The highest BCUT2D eigenvalue weighted by Crippen LogP contribution is 2.40. The van der Waals surface area contributed by atoms with Gasteiger partial charge in [-0.3, -0.25) is 0 Å². The van der Waals surface area contributed by atoms with Crippen LogP contribution in [-0.4, -0.2) is 50.2 Å². The second-order valence-electron chi connectivity index (χ2n) is 5.26. The highest BCUT2D eigenvalue weighted by molar-refractivity contribution is 5.82. The summed E-state index contributed by atoms with van der Waals surface area (Å²) in [6, 6.07) is 0. The summed E-state index contributed by atoms with van der Waals surface area (Å²) in [5.74, 6) is 0.330. The Balaban J connectivity index is 2.78. The molecule has 0 bridgehead atoms. The molecule has 0 heterocycles. The van der Waals surface area contributed by atoms with Crippen LogP contribution in [0.3, 0.4) is 0 Å². The van der Waals surface area contributed by atoms with Crippen molar-refractivity contribution in [1.82, 2.24) is 10.2 Å². The second-order valence-corrected chi connectivity index (χ2v) is 5.26. The third kappa shape index (κ3) is 3.45. The molecule has 18 heavy (non-hydrogen) atoms. The van der Waals surface area contributed by atoms with Gasteiger partial charge in [-0.25, -0.2) is 4.79 Å². The molecule has 0 radical (unpaired) electrons. The Kier molecular flexibility index (Phi) is 6.09. The smallest absolute Gasteiger partial charge is 0.327 e. The fourth-order valence-corrected chi connectivity index (χ4v) is 2.76. The first-order valence-electron chi connectivity index (χ1n) is 7.14. The van der Waals surface area contributed by atoms with Crippen molar-refractivity contribution in [2.75, 3.05) is 33.8 Å². The summed E-state index contributed by atoms with van der Waals surface area (Å²) in [6.45, 7) is 7.21. The predicted molar refractivity (Wildman–Crippen MR) is 73.6 cm³/mol. The maximum absolute atomic E-state index is 12.2. The molecule has 1 rings (SSSR count). The lowest BCUT2D eigenvalue weighted by molar-refractivity contribution is -0.150. The van der Waals surface area contributed by atoms with Gasteiger partial charge in [-0.05, 0) is 51.7 Å². The molecule has 1 saturated carbocycles. The van der Waals surface area contributed by atoms with E-state index in [1.807, 2.05) is 7.05 Å². The average Bonchev–Trinajstić information content (AvgIpc) is 3.20. The molecular formula is C14H28N2O2. The SMILES string of the molecule is CCCN(CCC)CC(NC)(C(=O)OC)C1CC1. The maximum Gasteiger partial charge on any atom is 0.327 e. The van der Waals surface area contributed by atoms with E-state index in [0.717, 1.165) is 45.3 Å². The number of hydrogen-bond donors (Lipinski definition) is 1. The van der Waals surface area contributed by atoms with Crippen molar-refractivity contribution in [2.45, 2.75) is 45.1 Å². The lowest BCUT2D eigenvalue weighted by Gasteiger charge is -2.36. The molecule has 1 fully saturated rings. The third-order valence-electron chi connectivity index (χ3n) is 3.82. The minimum absolute atomic E-state index is 0.107. The molecule has 1 unspecified atom stereocenters. The molecule has 0 aromatic carbocycles. The van der Waals surface area contributed by atoms with Crippen molar-refractivity contribution in [3.05, 3.63) is 0 Å². The Morgan fingerprint density at radius 1 is 1.33 bits per heavy atom. The molecule has 1 aliphatic rings. The van der Waals surface area contributed by atoms with Gasteiger partial charge in [0.2, 0.25) is 0 Å². The summed E-state index contributed by atoms with van der Waals surface area (Å²) in [7, 11) is 3.37. The second kappa shape index (κ2) is 7.10. The average molecular weight is 256 g/mol. The molecule has 1 atom stereocenters. The van der Waals surface area contributed by atoms with Crippen LogP contribution in [-0.2, 0) is 9.53 Å². The maximum atomic E-state index is 12.2. The molecule has 0 spiro atoms. The minimum Gasteiger partial charge on any atom is -0.468 e. The summed E-state index contributed by atoms with van der Waals surface area (Å²) in [5.41, 5.74) is -0.501. The van der Waals surface area contributed by atoms with Gasteiger partial charge in [0.25, 0.3) is 0 Å². The number of nitrogens with one attached hydrogen (secondary N) is 1. The summed E-state index contributed by atoms with van der Waals surface area (Å²) in [5, 5.41) is 3.26. The topological polar surface area (TPSA) is 41.6 Å². The highest BCUT2D eigenvalue weighted by Gasteiger charge is 2.51. The van der Waals surface area contributed by atoms with Crippen molar-refractivity contribution in [1.29, 1.82) is 0 Å². The van der Waals surface area contributed by atoms with E-state index < -0.39 is 5.54 Å². The number of nitrogens with zero attached hydrogens (tertiary/aromatic N) is 1. The van der Waals surface area contributed by atoms with Gasteiger partial charge >= 0.3 is 5.97 Å². The van der Waals surface area contributed by atoms with E-state index in [0.29, 0.717) is 5.92 Å². The van der Waals surface area contributed by atoms with E-state index in [2.05, 4.69) is 24.1 Å². The number of ether oxygens (including phenoxy) is 1. The van der Waals surface area contributed by atoms with Gasteiger partial charge < -0.3 is 15.0 Å². The monoisotopic (exact) mass is 256 g/mol. The number of rotatable bonds is 9. The molecule has 1 N–H and O–H groups in total. The first kappa shape index (κ1) is 15.4. The predicted octanol–water partition coefficient (Wildman–Crippen LogP) is 1.65. The Morgan fingerprint density at radius 2 is 1.89 bits per heavy atom. The zero-order valence-electron chi connectivity index (χ0n) is 12.3. The van der Waals surface area contributed by atoms with Gasteiger partial charge in [-0.15, -0.1) is 0 Å². The van der Waals surface area contributed by atoms with Crippen LogP contribution < -0.4 is 5.32 Å². The summed E-state index contributed by atoms with van der Waals surface area (Å²) >= 11 is 0. The number of likely N-dealkylation sites (N-methyl/N-ethyl adjacent to an activating group) is 1. The summed E-state index contributed by atoms with van der Waals surface area (Å²) < 4.78 is 5.04. The number of hydrogen-bond acceptors (Lipinski definition) is 4. The Morgan fingerprint density at radius 3 is 2.22 bits per heavy atom. The lowest BCUT2D eigenvalue weighted by atomic mass is 9.92. The molecule has 0 aromatic heterocycles. The quantitative estimate of drug-likeness (QED) is 0.637. The van der Waals surface area contributed by atoms with Crippen LogP contribution in [0.15, 0.2) is 0 Å². The minimum atomic E-state index is -0.501. The Hall–Kier alpha value is -0.610. The Bertz CT molecular complexity index is 261. The van der Waals surface area contributed by atoms with Crippen LogP contribution in [0.25, 0.3) is 0 Å². The number of methoxy groups -OCH3 is 1. The standard InChI is InChI=1S/C14H28N2O2/c1-5-9-16(10-6-2)11-14(15-3,12-7-8-12)13(17)18-4/h12,15H,5-11H2,1-4H3. The van der Waals surface area contributed by atoms with Gasteiger partial charge in [0.15, 0.2) is 0 Å². The largest absolute Gasteiger partial charge is 0.468 e. The van der Waals surface area contributed by atoms with Crippen LogP contribution in [0.5, 0.6) is 0 Å². The van der Waals surface area contributed by atoms with E-state index in [1.165, 1.54) is 7.11 Å². The van der Waals surface area contributed by atoms with E-state index in [4.69, 9.17) is 4.74 Å². The summed E-state index contributed by atoms with van der Waals surface area (Å²) in [4.78, 5) is 14.6. The van der Waals surface area contributed by atoms with Crippen molar-refractivity contribution >= 4 is 5.97 Å². The van der Waals surface area contributed by atoms with Gasteiger partial charge in [-0.2, -0.15) is 0 Å². The molecule has 0 aliphatic heterocycles. The van der Waals surface area contributed by atoms with Crippen LogP contribution in [0.1, 0.15) is 39.5 Å².